The number of ether oxygens (including phenoxy) is 1. The minimum atomic E-state index is 0.0328. The molecule has 2 aromatic carbocycles. The maximum absolute atomic E-state index is 9.31. The van der Waals surface area contributed by atoms with Gasteiger partial charge in [0.25, 0.3) is 0 Å². The van der Waals surface area contributed by atoms with Gasteiger partial charge in [-0.15, -0.1) is 0 Å². The van der Waals surface area contributed by atoms with Crippen molar-refractivity contribution < 1.29 is 4.74 Å². The predicted molar refractivity (Wildman–Crippen MR) is 138 cm³/mol. The number of anilines is 4. The van der Waals surface area contributed by atoms with Crippen LogP contribution in [-0.2, 0) is 0 Å². The van der Waals surface area contributed by atoms with E-state index in [0.717, 1.165) is 47.2 Å². The maximum atomic E-state index is 9.31. The highest BCUT2D eigenvalue weighted by atomic mass is 32.1. The average molecular weight is 471 g/mol. The average Bonchev–Trinajstić information content (AvgIpc) is 3.27. The van der Waals surface area contributed by atoms with Crippen molar-refractivity contribution in [1.29, 1.82) is 5.26 Å². The van der Waals surface area contributed by atoms with Crippen LogP contribution >= 0.6 is 11.3 Å². The Labute approximate surface area is 203 Å². The number of nitriles is 1. The van der Waals surface area contributed by atoms with Crippen LogP contribution in [0.4, 0.5) is 22.2 Å². The molecule has 3 heterocycles. The number of rotatable bonds is 6. The number of nitrogens with one attached hydrogen (secondary N) is 1. The summed E-state index contributed by atoms with van der Waals surface area (Å²) in [5.74, 6) is 0.709. The topological polar surface area (TPSA) is 77.3 Å². The Bertz CT molecular complexity index is 1320. The number of hydrogen-bond donors (Lipinski definition) is 1. The molecule has 1 aliphatic heterocycles. The predicted octanol–water partition coefficient (Wildman–Crippen LogP) is 5.42. The van der Waals surface area contributed by atoms with E-state index in [2.05, 4.69) is 56.5 Å². The van der Waals surface area contributed by atoms with Crippen LogP contribution in [0.1, 0.15) is 19.4 Å². The van der Waals surface area contributed by atoms with E-state index in [1.165, 1.54) is 11.4 Å². The van der Waals surface area contributed by atoms with Gasteiger partial charge in [0.2, 0.25) is 0 Å². The fourth-order valence-electron chi connectivity index (χ4n) is 4.11. The Hall–Kier alpha value is -3.83. The second kappa shape index (κ2) is 9.57. The van der Waals surface area contributed by atoms with Crippen LogP contribution in [0.2, 0.25) is 0 Å². The largest absolute Gasteiger partial charge is 0.489 e. The molecule has 0 radical (unpaired) electrons. The molecule has 7 nitrogen and oxygen atoms in total. The van der Waals surface area contributed by atoms with Crippen LogP contribution in [-0.4, -0.2) is 42.3 Å². The molecular formula is C26H26N6OS. The SMILES string of the molecule is CC(C)Oc1ccc(C#N)cc1Nc1nc2cc(N3CCN(c4ccncc4)CC3)ccc2s1. The van der Waals surface area contributed by atoms with Crippen LogP contribution in [0, 0.1) is 11.3 Å². The molecule has 1 saturated heterocycles. The molecule has 5 rings (SSSR count). The number of aromatic nitrogens is 2. The summed E-state index contributed by atoms with van der Waals surface area (Å²) in [6.07, 6.45) is 3.72. The van der Waals surface area contributed by atoms with Crippen LogP contribution < -0.4 is 19.9 Å². The van der Waals surface area contributed by atoms with Gasteiger partial charge in [0.1, 0.15) is 5.75 Å². The molecule has 0 unspecified atom stereocenters. The van der Waals surface area contributed by atoms with E-state index >= 15 is 0 Å². The van der Waals surface area contributed by atoms with Gasteiger partial charge in [-0.3, -0.25) is 4.98 Å². The van der Waals surface area contributed by atoms with Gasteiger partial charge in [0.15, 0.2) is 5.13 Å². The number of thiazole rings is 1. The van der Waals surface area contributed by atoms with Gasteiger partial charge in [-0.25, -0.2) is 4.98 Å². The summed E-state index contributed by atoms with van der Waals surface area (Å²) in [5.41, 5.74) is 4.70. The summed E-state index contributed by atoms with van der Waals surface area (Å²) in [7, 11) is 0. The molecule has 8 heteroatoms. The zero-order valence-corrected chi connectivity index (χ0v) is 20.0. The Morgan fingerprint density at radius 2 is 1.71 bits per heavy atom. The summed E-state index contributed by atoms with van der Waals surface area (Å²) < 4.78 is 7.04. The molecule has 1 fully saturated rings. The molecule has 34 heavy (non-hydrogen) atoms. The Morgan fingerprint density at radius 3 is 2.41 bits per heavy atom. The second-order valence-electron chi connectivity index (χ2n) is 8.46. The molecule has 0 aliphatic carbocycles. The summed E-state index contributed by atoms with van der Waals surface area (Å²) in [6.45, 7) is 7.83. The monoisotopic (exact) mass is 470 g/mol. The molecular weight excluding hydrogens is 444 g/mol. The van der Waals surface area contributed by atoms with E-state index in [-0.39, 0.29) is 6.10 Å². The Kier molecular flexibility index (Phi) is 6.19. The van der Waals surface area contributed by atoms with E-state index in [0.29, 0.717) is 11.3 Å². The first kappa shape index (κ1) is 22.0. The smallest absolute Gasteiger partial charge is 0.188 e. The Morgan fingerprint density at radius 1 is 0.971 bits per heavy atom. The van der Waals surface area contributed by atoms with Gasteiger partial charge < -0.3 is 19.9 Å². The summed E-state index contributed by atoms with van der Waals surface area (Å²) >= 11 is 1.59. The fraction of sp³-hybridized carbons (Fsp3) is 0.269. The lowest BCUT2D eigenvalue weighted by Crippen LogP contribution is -2.46. The van der Waals surface area contributed by atoms with Crippen molar-refractivity contribution >= 4 is 43.7 Å². The van der Waals surface area contributed by atoms with Gasteiger partial charge in [-0.05, 0) is 62.4 Å². The summed E-state index contributed by atoms with van der Waals surface area (Å²) in [6, 6.07) is 18.2. The molecule has 2 aromatic heterocycles. The van der Waals surface area contributed by atoms with Crippen LogP contribution in [0.3, 0.4) is 0 Å². The normalized spacial score (nSPS) is 13.8. The quantitative estimate of drug-likeness (QED) is 0.403. The van der Waals surface area contributed by atoms with E-state index in [1.807, 2.05) is 32.3 Å². The van der Waals surface area contributed by atoms with Crippen LogP contribution in [0.25, 0.3) is 10.2 Å². The van der Waals surface area contributed by atoms with E-state index in [9.17, 15) is 5.26 Å². The van der Waals surface area contributed by atoms with Gasteiger partial charge in [-0.2, -0.15) is 5.26 Å². The molecule has 0 bridgehead atoms. The van der Waals surface area contributed by atoms with Crippen molar-refractivity contribution in [3.8, 4) is 11.8 Å². The number of fused-ring (bicyclic) bond motifs is 1. The van der Waals surface area contributed by atoms with Crippen molar-refractivity contribution in [2.24, 2.45) is 0 Å². The van der Waals surface area contributed by atoms with Crippen LogP contribution in [0.5, 0.6) is 5.75 Å². The summed E-state index contributed by atoms with van der Waals surface area (Å²) in [5, 5.41) is 13.5. The first-order chi connectivity index (χ1) is 16.6. The Balaban J connectivity index is 1.33. The molecule has 0 amide bonds. The molecule has 0 saturated carbocycles. The first-order valence-electron chi connectivity index (χ1n) is 11.4. The van der Waals surface area contributed by atoms with Gasteiger partial charge in [-0.1, -0.05) is 11.3 Å². The summed E-state index contributed by atoms with van der Waals surface area (Å²) in [4.78, 5) is 13.8. The van der Waals surface area contributed by atoms with Gasteiger partial charge in [0.05, 0.1) is 33.6 Å². The minimum absolute atomic E-state index is 0.0328. The molecule has 1 aliphatic rings. The first-order valence-corrected chi connectivity index (χ1v) is 12.2. The zero-order valence-electron chi connectivity index (χ0n) is 19.2. The number of benzene rings is 2. The van der Waals surface area contributed by atoms with Crippen molar-refractivity contribution in [3.05, 3.63) is 66.5 Å². The fourth-order valence-corrected chi connectivity index (χ4v) is 4.97. The maximum Gasteiger partial charge on any atom is 0.188 e. The van der Waals surface area contributed by atoms with Crippen molar-refractivity contribution in [2.45, 2.75) is 20.0 Å². The molecule has 172 valence electrons. The van der Waals surface area contributed by atoms with E-state index in [1.54, 1.807) is 23.5 Å². The van der Waals surface area contributed by atoms with E-state index in [4.69, 9.17) is 9.72 Å². The standard InChI is InChI=1S/C26H26N6OS/c1-18(2)33-24-5-3-19(17-27)15-22(24)29-26-30-23-16-21(4-6-25(23)34-26)32-13-11-31(12-14-32)20-7-9-28-10-8-20/h3-10,15-16,18H,11-14H2,1-2H3,(H,29,30). The van der Waals surface area contributed by atoms with Crippen molar-refractivity contribution in [2.75, 3.05) is 41.3 Å². The highest BCUT2D eigenvalue weighted by molar-refractivity contribution is 7.22. The number of nitrogens with zero attached hydrogens (tertiary/aromatic N) is 5. The lowest BCUT2D eigenvalue weighted by molar-refractivity contribution is 0.244. The lowest BCUT2D eigenvalue weighted by Gasteiger charge is -2.37. The minimum Gasteiger partial charge on any atom is -0.489 e. The van der Waals surface area contributed by atoms with Gasteiger partial charge >= 0.3 is 0 Å². The van der Waals surface area contributed by atoms with Crippen molar-refractivity contribution in [1.82, 2.24) is 9.97 Å². The third-order valence-electron chi connectivity index (χ3n) is 5.76. The van der Waals surface area contributed by atoms with Crippen LogP contribution in [0.15, 0.2) is 60.9 Å². The highest BCUT2D eigenvalue weighted by Gasteiger charge is 2.18. The highest BCUT2D eigenvalue weighted by Crippen LogP contribution is 2.35. The van der Waals surface area contributed by atoms with Crippen molar-refractivity contribution in [3.63, 3.8) is 0 Å². The molecule has 0 spiro atoms. The molecule has 1 N–H and O–H groups in total. The van der Waals surface area contributed by atoms with E-state index < -0.39 is 0 Å². The lowest BCUT2D eigenvalue weighted by atomic mass is 10.2. The molecule has 0 atom stereocenters. The number of hydrogen-bond acceptors (Lipinski definition) is 8. The third-order valence-corrected chi connectivity index (χ3v) is 6.71. The number of pyridine rings is 1. The third kappa shape index (κ3) is 4.75. The number of piperazine rings is 1. The zero-order chi connectivity index (χ0) is 23.5. The molecule has 4 aromatic rings. The van der Waals surface area contributed by atoms with Gasteiger partial charge in [0, 0.05) is 49.9 Å². The second-order valence-corrected chi connectivity index (χ2v) is 9.50.